The lowest BCUT2D eigenvalue weighted by Gasteiger charge is -2.23. The van der Waals surface area contributed by atoms with Crippen molar-refractivity contribution in [1.29, 1.82) is 0 Å². The molecule has 0 spiro atoms. The molecule has 1 aliphatic rings. The van der Waals surface area contributed by atoms with Gasteiger partial charge in [-0.3, -0.25) is 4.79 Å². The number of carbonyl (C=O) groups is 1. The number of hydrogen-bond donors (Lipinski definition) is 2. The number of nitrogens with zero attached hydrogens (tertiary/aromatic N) is 5. The number of carbonyl (C=O) groups excluding carboxylic acids is 1. The summed E-state index contributed by atoms with van der Waals surface area (Å²) >= 11 is 1.70. The van der Waals surface area contributed by atoms with Crippen LogP contribution in [0.15, 0.2) is 6.33 Å². The molecule has 3 atom stereocenters. The molecule has 0 fully saturated rings. The maximum absolute atomic E-state index is 12.9. The first kappa shape index (κ1) is 19.2. The molecule has 3 aromatic rings. The SMILES string of the molecule is CC(O)CN(CC(C)O)C(=O)c1nc2c3c4c(sc3ncn2n1)CCC(C)C4. The first-order valence-corrected chi connectivity index (χ1v) is 10.5. The Morgan fingerprint density at radius 3 is 2.75 bits per heavy atom. The Morgan fingerprint density at radius 2 is 2.07 bits per heavy atom. The highest BCUT2D eigenvalue weighted by Gasteiger charge is 2.27. The Labute approximate surface area is 166 Å². The summed E-state index contributed by atoms with van der Waals surface area (Å²) in [5.41, 5.74) is 1.93. The van der Waals surface area contributed by atoms with Crippen molar-refractivity contribution in [2.45, 2.75) is 52.2 Å². The zero-order chi connectivity index (χ0) is 20.0. The Hall–Kier alpha value is -2.10. The second kappa shape index (κ2) is 7.38. The van der Waals surface area contributed by atoms with Gasteiger partial charge in [-0.25, -0.2) is 14.5 Å². The summed E-state index contributed by atoms with van der Waals surface area (Å²) in [5, 5.41) is 24.8. The molecule has 0 saturated carbocycles. The smallest absolute Gasteiger partial charge is 0.293 e. The van der Waals surface area contributed by atoms with Crippen molar-refractivity contribution in [3.63, 3.8) is 0 Å². The van der Waals surface area contributed by atoms with Gasteiger partial charge in [-0.1, -0.05) is 6.92 Å². The van der Waals surface area contributed by atoms with E-state index in [0.29, 0.717) is 11.6 Å². The van der Waals surface area contributed by atoms with Gasteiger partial charge in [-0.15, -0.1) is 16.4 Å². The van der Waals surface area contributed by atoms with E-state index in [-0.39, 0.29) is 18.9 Å². The average molecular weight is 404 g/mol. The quantitative estimate of drug-likeness (QED) is 0.672. The molecule has 2 N–H and O–H groups in total. The van der Waals surface area contributed by atoms with E-state index >= 15 is 0 Å². The van der Waals surface area contributed by atoms with Gasteiger partial charge in [0.2, 0.25) is 5.82 Å². The Bertz CT molecular complexity index is 1020. The highest BCUT2D eigenvalue weighted by Crippen LogP contribution is 2.38. The highest BCUT2D eigenvalue weighted by molar-refractivity contribution is 7.19. The number of aromatic nitrogens is 4. The first-order valence-electron chi connectivity index (χ1n) is 9.64. The van der Waals surface area contributed by atoms with E-state index in [0.717, 1.165) is 23.1 Å². The summed E-state index contributed by atoms with van der Waals surface area (Å²) in [7, 11) is 0. The molecular formula is C19H25N5O3S. The molecule has 150 valence electrons. The molecular weight excluding hydrogens is 378 g/mol. The fourth-order valence-corrected chi connectivity index (χ4v) is 5.04. The van der Waals surface area contributed by atoms with Crippen molar-refractivity contribution >= 4 is 33.1 Å². The fraction of sp³-hybridized carbons (Fsp3) is 0.579. The lowest BCUT2D eigenvalue weighted by Crippen LogP contribution is -2.41. The van der Waals surface area contributed by atoms with Gasteiger partial charge >= 0.3 is 0 Å². The minimum absolute atomic E-state index is 0.0550. The standard InChI is InChI=1S/C19H25N5O3S/c1-10-4-5-14-13(6-10)15-17-21-16(22-24(17)9-20-18(15)28-14)19(27)23(7-11(2)25)8-12(3)26/h9-12,25-26H,4-8H2,1-3H3. The van der Waals surface area contributed by atoms with Gasteiger partial charge in [0.25, 0.3) is 5.91 Å². The van der Waals surface area contributed by atoms with Gasteiger partial charge in [0, 0.05) is 18.0 Å². The minimum atomic E-state index is -0.710. The largest absolute Gasteiger partial charge is 0.392 e. The van der Waals surface area contributed by atoms with Gasteiger partial charge in [0.05, 0.1) is 17.6 Å². The number of thiophene rings is 1. The molecule has 1 amide bonds. The molecule has 0 aromatic carbocycles. The molecule has 8 nitrogen and oxygen atoms in total. The molecule has 4 rings (SSSR count). The van der Waals surface area contributed by atoms with E-state index in [1.807, 2.05) is 0 Å². The molecule has 0 bridgehead atoms. The normalized spacial score (nSPS) is 19.0. The fourth-order valence-electron chi connectivity index (χ4n) is 3.86. The second-order valence-corrected chi connectivity index (χ2v) is 8.97. The van der Waals surface area contributed by atoms with E-state index in [9.17, 15) is 15.0 Å². The Morgan fingerprint density at radius 1 is 1.36 bits per heavy atom. The predicted octanol–water partition coefficient (Wildman–Crippen LogP) is 1.67. The monoisotopic (exact) mass is 403 g/mol. The van der Waals surface area contributed by atoms with Crippen LogP contribution in [0.1, 0.15) is 48.3 Å². The van der Waals surface area contributed by atoms with Crippen LogP contribution in [0.25, 0.3) is 15.9 Å². The number of fused-ring (bicyclic) bond motifs is 5. The van der Waals surface area contributed by atoms with Crippen LogP contribution in [0.5, 0.6) is 0 Å². The second-order valence-electron chi connectivity index (χ2n) is 7.89. The summed E-state index contributed by atoms with van der Waals surface area (Å²) in [6.45, 7) is 5.68. The number of aryl methyl sites for hydroxylation is 1. The van der Waals surface area contributed by atoms with Crippen LogP contribution in [0, 0.1) is 5.92 Å². The summed E-state index contributed by atoms with van der Waals surface area (Å²) in [4.78, 5) is 25.7. The number of amides is 1. The van der Waals surface area contributed by atoms with E-state index < -0.39 is 18.1 Å². The van der Waals surface area contributed by atoms with Crippen molar-refractivity contribution in [2.75, 3.05) is 13.1 Å². The molecule has 0 saturated heterocycles. The lowest BCUT2D eigenvalue weighted by molar-refractivity contribution is 0.0507. The number of rotatable bonds is 5. The topological polar surface area (TPSA) is 104 Å². The van der Waals surface area contributed by atoms with Crippen LogP contribution in [-0.4, -0.2) is 65.9 Å². The number of aliphatic hydroxyl groups excluding tert-OH is 2. The summed E-state index contributed by atoms with van der Waals surface area (Å²) in [6.07, 6.45) is 3.40. The van der Waals surface area contributed by atoms with E-state index in [4.69, 9.17) is 0 Å². The van der Waals surface area contributed by atoms with Crippen molar-refractivity contribution in [3.05, 3.63) is 22.6 Å². The summed E-state index contributed by atoms with van der Waals surface area (Å²) < 4.78 is 1.56. The molecule has 1 aliphatic carbocycles. The minimum Gasteiger partial charge on any atom is -0.392 e. The molecule has 3 aromatic heterocycles. The first-order chi connectivity index (χ1) is 13.3. The van der Waals surface area contributed by atoms with E-state index in [1.54, 1.807) is 36.0 Å². The zero-order valence-corrected chi connectivity index (χ0v) is 17.1. The van der Waals surface area contributed by atoms with E-state index in [2.05, 4.69) is 22.0 Å². The van der Waals surface area contributed by atoms with Gasteiger partial charge in [-0.05, 0) is 44.6 Å². The highest BCUT2D eigenvalue weighted by atomic mass is 32.1. The molecule has 3 unspecified atom stereocenters. The lowest BCUT2D eigenvalue weighted by atomic mass is 9.89. The predicted molar refractivity (Wildman–Crippen MR) is 107 cm³/mol. The van der Waals surface area contributed by atoms with Crippen molar-refractivity contribution < 1.29 is 15.0 Å². The molecule has 3 heterocycles. The van der Waals surface area contributed by atoms with Gasteiger partial charge in [0.1, 0.15) is 11.2 Å². The number of hydrogen-bond acceptors (Lipinski definition) is 7. The van der Waals surface area contributed by atoms with Crippen LogP contribution < -0.4 is 0 Å². The summed E-state index contributed by atoms with van der Waals surface area (Å²) in [5.74, 6) is 0.262. The Balaban J connectivity index is 1.77. The molecule has 28 heavy (non-hydrogen) atoms. The van der Waals surface area contributed by atoms with Crippen molar-refractivity contribution in [3.8, 4) is 0 Å². The molecule has 9 heteroatoms. The summed E-state index contributed by atoms with van der Waals surface area (Å²) in [6, 6.07) is 0. The third kappa shape index (κ3) is 3.49. The van der Waals surface area contributed by atoms with Crippen molar-refractivity contribution in [1.82, 2.24) is 24.5 Å². The van der Waals surface area contributed by atoms with Crippen LogP contribution in [0.3, 0.4) is 0 Å². The van der Waals surface area contributed by atoms with E-state index in [1.165, 1.54) is 21.8 Å². The maximum atomic E-state index is 12.9. The third-order valence-electron chi connectivity index (χ3n) is 5.08. The molecule has 0 radical (unpaired) electrons. The molecule has 0 aliphatic heterocycles. The van der Waals surface area contributed by atoms with Crippen LogP contribution in [-0.2, 0) is 12.8 Å². The maximum Gasteiger partial charge on any atom is 0.293 e. The van der Waals surface area contributed by atoms with Crippen LogP contribution in [0.4, 0.5) is 0 Å². The third-order valence-corrected chi connectivity index (χ3v) is 6.28. The zero-order valence-electron chi connectivity index (χ0n) is 16.3. The Kier molecular flexibility index (Phi) is 5.07. The van der Waals surface area contributed by atoms with Gasteiger partial charge in [0.15, 0.2) is 5.65 Å². The van der Waals surface area contributed by atoms with Crippen LogP contribution >= 0.6 is 11.3 Å². The van der Waals surface area contributed by atoms with Crippen LogP contribution in [0.2, 0.25) is 0 Å². The van der Waals surface area contributed by atoms with Gasteiger partial charge < -0.3 is 15.1 Å². The van der Waals surface area contributed by atoms with Crippen molar-refractivity contribution in [2.24, 2.45) is 5.92 Å². The average Bonchev–Trinajstić information content (AvgIpc) is 3.20. The number of aliphatic hydroxyl groups is 2. The van der Waals surface area contributed by atoms with Gasteiger partial charge in [-0.2, -0.15) is 0 Å².